The molecule has 0 aliphatic heterocycles. The highest BCUT2D eigenvalue weighted by molar-refractivity contribution is 6.30. The first kappa shape index (κ1) is 17.0. The Labute approximate surface area is 158 Å². The van der Waals surface area contributed by atoms with Crippen LogP contribution in [0.1, 0.15) is 15.9 Å². The first-order valence-corrected chi connectivity index (χ1v) is 8.51. The predicted molar refractivity (Wildman–Crippen MR) is 103 cm³/mol. The number of halogens is 1. The van der Waals surface area contributed by atoms with E-state index >= 15 is 0 Å². The average Bonchev–Trinajstić information content (AvgIpc) is 3.09. The summed E-state index contributed by atoms with van der Waals surface area (Å²) in [6.07, 6.45) is 2.69. The van der Waals surface area contributed by atoms with E-state index in [2.05, 4.69) is 15.5 Å². The third kappa shape index (κ3) is 3.09. The van der Waals surface area contributed by atoms with Crippen molar-refractivity contribution in [2.24, 2.45) is 0 Å². The van der Waals surface area contributed by atoms with Crippen molar-refractivity contribution in [3.05, 3.63) is 87.6 Å². The van der Waals surface area contributed by atoms with Gasteiger partial charge in [0.2, 0.25) is 0 Å². The number of carbonyl (C=O) groups is 1. The van der Waals surface area contributed by atoms with Crippen LogP contribution in [-0.2, 0) is 0 Å². The minimum absolute atomic E-state index is 0.280. The Balaban J connectivity index is 1.73. The lowest BCUT2D eigenvalue weighted by Gasteiger charge is -2.09. The van der Waals surface area contributed by atoms with Gasteiger partial charge in [-0.3, -0.25) is 15.0 Å². The van der Waals surface area contributed by atoms with Crippen molar-refractivity contribution >= 4 is 28.5 Å². The van der Waals surface area contributed by atoms with Gasteiger partial charge in [0.05, 0.1) is 11.9 Å². The van der Waals surface area contributed by atoms with E-state index in [1.54, 1.807) is 30.3 Å². The number of nitrogens with one attached hydrogen (secondary N) is 1. The summed E-state index contributed by atoms with van der Waals surface area (Å²) >= 11 is 6.02. The molecule has 0 fully saturated rings. The highest BCUT2D eigenvalue weighted by Crippen LogP contribution is 2.17. The minimum Gasteiger partial charge on any atom is -0.267 e. The van der Waals surface area contributed by atoms with Crippen molar-refractivity contribution in [1.82, 2.24) is 19.4 Å². The molecule has 4 aromatic rings. The van der Waals surface area contributed by atoms with Crippen LogP contribution in [0.5, 0.6) is 0 Å². The fraction of sp³-hybridized carbons (Fsp3) is 0.0526. The zero-order valence-electron chi connectivity index (χ0n) is 14.3. The number of amides is 1. The van der Waals surface area contributed by atoms with E-state index in [4.69, 9.17) is 11.6 Å². The molecule has 1 amide bonds. The molecule has 0 unspecified atom stereocenters. The Hall–Kier alpha value is -3.45. The number of nitrogens with zero attached hydrogens (tertiary/aromatic N) is 4. The lowest BCUT2D eigenvalue weighted by molar-refractivity contribution is 0.101. The minimum atomic E-state index is -0.421. The topological polar surface area (TPSA) is 81.8 Å². The van der Waals surface area contributed by atoms with Crippen molar-refractivity contribution in [2.75, 3.05) is 5.43 Å². The molecule has 0 saturated heterocycles. The molecule has 134 valence electrons. The summed E-state index contributed by atoms with van der Waals surface area (Å²) in [5.74, 6) is -0.390. The number of rotatable bonds is 3. The summed E-state index contributed by atoms with van der Waals surface area (Å²) in [6, 6.07) is 14.2. The van der Waals surface area contributed by atoms with Gasteiger partial charge in [0.1, 0.15) is 11.7 Å². The molecule has 2 aromatic carbocycles. The van der Waals surface area contributed by atoms with E-state index in [0.29, 0.717) is 21.9 Å². The SMILES string of the molecule is Cc1ccccc1C(=O)Nn1cnc2c(cnn2-c2cccc(Cl)c2)c1=O. The number of hydrogen-bond donors (Lipinski definition) is 1. The summed E-state index contributed by atoms with van der Waals surface area (Å²) in [5, 5.41) is 5.06. The molecule has 8 heteroatoms. The molecule has 1 N–H and O–H groups in total. The van der Waals surface area contributed by atoms with Crippen molar-refractivity contribution in [2.45, 2.75) is 6.92 Å². The van der Waals surface area contributed by atoms with Gasteiger partial charge in [0.25, 0.3) is 11.5 Å². The monoisotopic (exact) mass is 379 g/mol. The molecule has 0 radical (unpaired) electrons. The maximum atomic E-state index is 12.7. The smallest absolute Gasteiger partial charge is 0.267 e. The van der Waals surface area contributed by atoms with E-state index < -0.39 is 11.5 Å². The van der Waals surface area contributed by atoms with Gasteiger partial charge < -0.3 is 0 Å². The van der Waals surface area contributed by atoms with Gasteiger partial charge in [0.15, 0.2) is 5.65 Å². The van der Waals surface area contributed by atoms with Crippen LogP contribution in [0.4, 0.5) is 0 Å². The van der Waals surface area contributed by atoms with E-state index in [1.165, 1.54) is 17.2 Å². The van der Waals surface area contributed by atoms with Gasteiger partial charge in [-0.25, -0.2) is 14.3 Å². The molecule has 0 spiro atoms. The molecule has 2 aromatic heterocycles. The van der Waals surface area contributed by atoms with Crippen LogP contribution in [0.3, 0.4) is 0 Å². The molecule has 0 saturated carbocycles. The largest absolute Gasteiger partial charge is 0.283 e. The second-order valence-electron chi connectivity index (χ2n) is 5.95. The van der Waals surface area contributed by atoms with Crippen LogP contribution >= 0.6 is 11.6 Å². The van der Waals surface area contributed by atoms with Gasteiger partial charge in [-0.1, -0.05) is 35.9 Å². The normalized spacial score (nSPS) is 10.9. The molecule has 27 heavy (non-hydrogen) atoms. The van der Waals surface area contributed by atoms with E-state index in [-0.39, 0.29) is 5.39 Å². The maximum absolute atomic E-state index is 12.7. The molecular formula is C19H14ClN5O2. The van der Waals surface area contributed by atoms with Crippen molar-refractivity contribution in [3.8, 4) is 5.69 Å². The van der Waals surface area contributed by atoms with Crippen LogP contribution in [0.15, 0.2) is 65.8 Å². The standard InChI is InChI=1S/C19H14ClN5O2/c1-12-5-2-3-8-15(12)18(26)23-24-11-21-17-16(19(24)27)10-22-25(17)14-7-4-6-13(20)9-14/h2-11H,1H3,(H,23,26). The predicted octanol–water partition coefficient (Wildman–Crippen LogP) is 2.93. The number of aromatic nitrogens is 4. The van der Waals surface area contributed by atoms with Gasteiger partial charge in [-0.05, 0) is 36.8 Å². The van der Waals surface area contributed by atoms with E-state index in [0.717, 1.165) is 10.2 Å². The van der Waals surface area contributed by atoms with E-state index in [1.807, 2.05) is 25.1 Å². The lowest BCUT2D eigenvalue weighted by atomic mass is 10.1. The number of hydrogen-bond acceptors (Lipinski definition) is 4. The fourth-order valence-corrected chi connectivity index (χ4v) is 2.97. The highest BCUT2D eigenvalue weighted by atomic mass is 35.5. The molecule has 2 heterocycles. The zero-order valence-corrected chi connectivity index (χ0v) is 15.0. The summed E-state index contributed by atoms with van der Waals surface area (Å²) < 4.78 is 2.58. The lowest BCUT2D eigenvalue weighted by Crippen LogP contribution is -2.33. The molecule has 0 aliphatic carbocycles. The first-order valence-electron chi connectivity index (χ1n) is 8.13. The number of carbonyl (C=O) groups excluding carboxylic acids is 1. The average molecular weight is 380 g/mol. The van der Waals surface area contributed by atoms with Gasteiger partial charge in [-0.15, -0.1) is 0 Å². The highest BCUT2D eigenvalue weighted by Gasteiger charge is 2.14. The van der Waals surface area contributed by atoms with Crippen LogP contribution < -0.4 is 11.0 Å². The summed E-state index contributed by atoms with van der Waals surface area (Å²) in [7, 11) is 0. The van der Waals surface area contributed by atoms with Crippen molar-refractivity contribution < 1.29 is 4.79 Å². The molecular weight excluding hydrogens is 366 g/mol. The third-order valence-corrected chi connectivity index (χ3v) is 4.39. The second kappa shape index (κ2) is 6.69. The summed E-state index contributed by atoms with van der Waals surface area (Å²) in [6.45, 7) is 1.83. The fourth-order valence-electron chi connectivity index (χ4n) is 2.79. The first-order chi connectivity index (χ1) is 13.0. The quantitative estimate of drug-likeness (QED) is 0.593. The zero-order chi connectivity index (χ0) is 19.0. The molecule has 0 atom stereocenters. The number of fused-ring (bicyclic) bond motifs is 1. The van der Waals surface area contributed by atoms with E-state index in [9.17, 15) is 9.59 Å². The van der Waals surface area contributed by atoms with Crippen LogP contribution in [0.2, 0.25) is 5.02 Å². The van der Waals surface area contributed by atoms with Crippen LogP contribution in [-0.4, -0.2) is 25.3 Å². The van der Waals surface area contributed by atoms with Crippen LogP contribution in [0.25, 0.3) is 16.7 Å². The van der Waals surface area contributed by atoms with Gasteiger partial charge in [0, 0.05) is 10.6 Å². The Morgan fingerprint density at radius 1 is 1.15 bits per heavy atom. The molecule has 0 bridgehead atoms. The van der Waals surface area contributed by atoms with Crippen LogP contribution in [0, 0.1) is 6.92 Å². The summed E-state index contributed by atoms with van der Waals surface area (Å²) in [4.78, 5) is 29.5. The van der Waals surface area contributed by atoms with Crippen molar-refractivity contribution in [1.29, 1.82) is 0 Å². The molecule has 4 rings (SSSR count). The number of benzene rings is 2. The Bertz CT molecular complexity index is 1230. The van der Waals surface area contributed by atoms with Gasteiger partial charge in [-0.2, -0.15) is 5.10 Å². The molecule has 0 aliphatic rings. The third-order valence-electron chi connectivity index (χ3n) is 4.15. The Morgan fingerprint density at radius 3 is 2.74 bits per heavy atom. The molecule has 7 nitrogen and oxygen atoms in total. The summed E-state index contributed by atoms with van der Waals surface area (Å²) in [5.41, 5.74) is 4.50. The Morgan fingerprint density at radius 2 is 1.96 bits per heavy atom. The number of aryl methyl sites for hydroxylation is 1. The maximum Gasteiger partial charge on any atom is 0.283 e. The Kier molecular flexibility index (Phi) is 4.21. The second-order valence-corrected chi connectivity index (χ2v) is 6.39. The van der Waals surface area contributed by atoms with Gasteiger partial charge >= 0.3 is 0 Å². The van der Waals surface area contributed by atoms with Crippen molar-refractivity contribution in [3.63, 3.8) is 0 Å².